The van der Waals surface area contributed by atoms with Gasteiger partial charge in [0, 0.05) is 5.69 Å². The zero-order valence-corrected chi connectivity index (χ0v) is 15.8. The highest BCUT2D eigenvalue weighted by Gasteiger charge is 2.16. The Kier molecular flexibility index (Phi) is 5.60. The standard InChI is InChI=1S/C17H19FINOS/c1-17(2,3)8-6-11-10-12(18)4-5-14(11)20-16(21)13-7-9-22-15(13)19/h4-5,7,9-10H,6,8H2,1-3H3,(H,20,21). The number of nitrogens with one attached hydrogen (secondary N) is 1. The predicted molar refractivity (Wildman–Crippen MR) is 99.2 cm³/mol. The molecule has 0 aliphatic rings. The molecule has 1 aromatic heterocycles. The number of aryl methyl sites for hydroxylation is 1. The van der Waals surface area contributed by atoms with Gasteiger partial charge in [-0.3, -0.25) is 4.79 Å². The van der Waals surface area contributed by atoms with Gasteiger partial charge in [-0.05, 0) is 76.1 Å². The van der Waals surface area contributed by atoms with Crippen molar-refractivity contribution in [2.24, 2.45) is 5.41 Å². The van der Waals surface area contributed by atoms with Crippen molar-refractivity contribution in [1.29, 1.82) is 0 Å². The van der Waals surface area contributed by atoms with Gasteiger partial charge < -0.3 is 5.32 Å². The molecule has 1 heterocycles. The van der Waals surface area contributed by atoms with Crippen LogP contribution in [0.4, 0.5) is 10.1 Å². The maximum Gasteiger partial charge on any atom is 0.257 e. The average Bonchev–Trinajstić information content (AvgIpc) is 2.84. The van der Waals surface area contributed by atoms with Gasteiger partial charge in [0.05, 0.1) is 8.45 Å². The van der Waals surface area contributed by atoms with Gasteiger partial charge in [-0.2, -0.15) is 0 Å². The van der Waals surface area contributed by atoms with Gasteiger partial charge in [-0.25, -0.2) is 4.39 Å². The summed E-state index contributed by atoms with van der Waals surface area (Å²) in [6.07, 6.45) is 1.66. The Labute approximate surface area is 148 Å². The van der Waals surface area contributed by atoms with Crippen LogP contribution in [0.3, 0.4) is 0 Å². The first-order valence-electron chi connectivity index (χ1n) is 7.09. The highest BCUT2D eigenvalue weighted by Crippen LogP contribution is 2.27. The number of hydrogen-bond acceptors (Lipinski definition) is 2. The summed E-state index contributed by atoms with van der Waals surface area (Å²) in [5, 5.41) is 4.80. The second kappa shape index (κ2) is 7.08. The third kappa shape index (κ3) is 4.78. The van der Waals surface area contributed by atoms with Crippen molar-refractivity contribution in [3.8, 4) is 0 Å². The molecule has 1 aromatic carbocycles. The van der Waals surface area contributed by atoms with Crippen LogP contribution < -0.4 is 5.32 Å². The minimum atomic E-state index is -0.271. The molecule has 0 spiro atoms. The van der Waals surface area contributed by atoms with Gasteiger partial charge in [0.25, 0.3) is 5.91 Å². The van der Waals surface area contributed by atoms with Gasteiger partial charge in [-0.1, -0.05) is 20.8 Å². The monoisotopic (exact) mass is 431 g/mol. The lowest BCUT2D eigenvalue weighted by atomic mass is 9.88. The second-order valence-corrected chi connectivity index (χ2v) is 9.15. The molecule has 2 rings (SSSR count). The van der Waals surface area contributed by atoms with Crippen molar-refractivity contribution in [1.82, 2.24) is 0 Å². The van der Waals surface area contributed by atoms with E-state index >= 15 is 0 Å². The van der Waals surface area contributed by atoms with E-state index in [2.05, 4.69) is 48.7 Å². The molecule has 0 unspecified atom stereocenters. The maximum absolute atomic E-state index is 13.5. The number of carbonyl (C=O) groups is 1. The summed E-state index contributed by atoms with van der Waals surface area (Å²) >= 11 is 3.68. The van der Waals surface area contributed by atoms with Gasteiger partial charge in [0.1, 0.15) is 5.82 Å². The Balaban J connectivity index is 2.20. The first-order chi connectivity index (χ1) is 10.3. The minimum absolute atomic E-state index is 0.144. The lowest BCUT2D eigenvalue weighted by molar-refractivity contribution is 0.102. The van der Waals surface area contributed by atoms with E-state index in [1.807, 2.05) is 5.38 Å². The molecule has 1 N–H and O–H groups in total. The average molecular weight is 431 g/mol. The summed E-state index contributed by atoms with van der Waals surface area (Å²) in [5.41, 5.74) is 2.36. The fourth-order valence-electron chi connectivity index (χ4n) is 2.05. The van der Waals surface area contributed by atoms with Crippen molar-refractivity contribution in [2.75, 3.05) is 5.32 Å². The number of hydrogen-bond donors (Lipinski definition) is 1. The largest absolute Gasteiger partial charge is 0.322 e. The maximum atomic E-state index is 13.5. The van der Waals surface area contributed by atoms with Crippen LogP contribution in [0.15, 0.2) is 29.6 Å². The third-order valence-electron chi connectivity index (χ3n) is 3.32. The molecule has 0 fully saturated rings. The van der Waals surface area contributed by atoms with Crippen LogP contribution in [0.25, 0.3) is 0 Å². The predicted octanol–water partition coefficient (Wildman–Crippen LogP) is 5.72. The summed E-state index contributed by atoms with van der Waals surface area (Å²) in [4.78, 5) is 12.3. The summed E-state index contributed by atoms with van der Waals surface area (Å²) in [5.74, 6) is -0.415. The molecule has 0 aliphatic carbocycles. The van der Waals surface area contributed by atoms with Gasteiger partial charge >= 0.3 is 0 Å². The normalized spacial score (nSPS) is 11.5. The quantitative estimate of drug-likeness (QED) is 0.617. The Morgan fingerprint density at radius 1 is 1.32 bits per heavy atom. The van der Waals surface area contributed by atoms with Crippen LogP contribution in [0.2, 0.25) is 0 Å². The fourth-order valence-corrected chi connectivity index (χ4v) is 3.52. The minimum Gasteiger partial charge on any atom is -0.322 e. The van der Waals surface area contributed by atoms with E-state index < -0.39 is 0 Å². The van der Waals surface area contributed by atoms with Crippen molar-refractivity contribution in [3.63, 3.8) is 0 Å². The lowest BCUT2D eigenvalue weighted by Crippen LogP contribution is -2.14. The Morgan fingerprint density at radius 2 is 2.05 bits per heavy atom. The molecular weight excluding hydrogens is 412 g/mol. The van der Waals surface area contributed by atoms with Gasteiger partial charge in [0.15, 0.2) is 0 Å². The van der Waals surface area contributed by atoms with Crippen LogP contribution in [-0.4, -0.2) is 5.91 Å². The molecule has 0 atom stereocenters. The number of anilines is 1. The summed E-state index contributed by atoms with van der Waals surface area (Å²) < 4.78 is 14.5. The van der Waals surface area contributed by atoms with Crippen LogP contribution in [0.5, 0.6) is 0 Å². The Bertz CT molecular complexity index is 676. The van der Waals surface area contributed by atoms with E-state index in [0.717, 1.165) is 21.3 Å². The molecule has 0 saturated carbocycles. The molecule has 5 heteroatoms. The molecule has 0 radical (unpaired) electrons. The molecule has 0 aliphatic heterocycles. The molecule has 0 saturated heterocycles. The van der Waals surface area contributed by atoms with Crippen molar-refractivity contribution < 1.29 is 9.18 Å². The number of thiophene rings is 1. The van der Waals surface area contributed by atoms with E-state index in [0.29, 0.717) is 11.3 Å². The van der Waals surface area contributed by atoms with E-state index in [1.54, 1.807) is 12.1 Å². The fraction of sp³-hybridized carbons (Fsp3) is 0.353. The first kappa shape index (κ1) is 17.4. The van der Waals surface area contributed by atoms with Gasteiger partial charge in [-0.15, -0.1) is 11.3 Å². The van der Waals surface area contributed by atoms with E-state index in [9.17, 15) is 9.18 Å². The number of benzene rings is 1. The number of carbonyl (C=O) groups excluding carboxylic acids is 1. The van der Waals surface area contributed by atoms with Crippen LogP contribution in [0, 0.1) is 14.1 Å². The van der Waals surface area contributed by atoms with Crippen molar-refractivity contribution in [2.45, 2.75) is 33.6 Å². The molecular formula is C17H19FINOS. The van der Waals surface area contributed by atoms with E-state index in [4.69, 9.17) is 0 Å². The molecule has 1 amide bonds. The van der Waals surface area contributed by atoms with Crippen LogP contribution >= 0.6 is 33.9 Å². The molecule has 22 heavy (non-hydrogen) atoms. The van der Waals surface area contributed by atoms with Crippen LogP contribution in [-0.2, 0) is 6.42 Å². The third-order valence-corrected chi connectivity index (χ3v) is 5.37. The summed E-state index contributed by atoms with van der Waals surface area (Å²) in [6, 6.07) is 6.35. The lowest BCUT2D eigenvalue weighted by Gasteiger charge is -2.19. The SMILES string of the molecule is CC(C)(C)CCc1cc(F)ccc1NC(=O)c1ccsc1I. The Morgan fingerprint density at radius 3 is 2.64 bits per heavy atom. The first-order valence-corrected chi connectivity index (χ1v) is 9.05. The second-order valence-electron chi connectivity index (χ2n) is 6.42. The molecule has 2 nitrogen and oxygen atoms in total. The number of amides is 1. The summed E-state index contributed by atoms with van der Waals surface area (Å²) in [7, 11) is 0. The van der Waals surface area contributed by atoms with Gasteiger partial charge in [0.2, 0.25) is 0 Å². The molecule has 0 bridgehead atoms. The zero-order valence-electron chi connectivity index (χ0n) is 12.9. The highest BCUT2D eigenvalue weighted by atomic mass is 127. The van der Waals surface area contributed by atoms with E-state index in [1.165, 1.54) is 23.5 Å². The topological polar surface area (TPSA) is 29.1 Å². The van der Waals surface area contributed by atoms with Crippen LogP contribution in [0.1, 0.15) is 43.1 Å². The van der Waals surface area contributed by atoms with E-state index in [-0.39, 0.29) is 17.1 Å². The highest BCUT2D eigenvalue weighted by molar-refractivity contribution is 14.1. The zero-order chi connectivity index (χ0) is 16.3. The molecule has 118 valence electrons. The van der Waals surface area contributed by atoms with Crippen molar-refractivity contribution >= 4 is 45.5 Å². The number of halogens is 2. The summed E-state index contributed by atoms with van der Waals surface area (Å²) in [6.45, 7) is 6.45. The smallest absolute Gasteiger partial charge is 0.257 e. The van der Waals surface area contributed by atoms with Crippen molar-refractivity contribution in [3.05, 3.63) is 49.5 Å². The number of rotatable bonds is 4. The molecule has 2 aromatic rings. The Hall–Kier alpha value is -0.950.